The van der Waals surface area contributed by atoms with Gasteiger partial charge in [0.25, 0.3) is 0 Å². The third-order valence-electron chi connectivity index (χ3n) is 4.46. The van der Waals surface area contributed by atoms with E-state index in [1.54, 1.807) is 7.11 Å². The number of nitrogens with one attached hydrogen (secondary N) is 1. The summed E-state index contributed by atoms with van der Waals surface area (Å²) in [5.41, 5.74) is 2.47. The molecule has 6 nitrogen and oxygen atoms in total. The number of piperidine rings is 1. The summed E-state index contributed by atoms with van der Waals surface area (Å²) in [5.74, 6) is 2.35. The zero-order valence-electron chi connectivity index (χ0n) is 14.7. The van der Waals surface area contributed by atoms with Crippen molar-refractivity contribution in [3.8, 4) is 5.75 Å². The van der Waals surface area contributed by atoms with Crippen molar-refractivity contribution < 1.29 is 9.26 Å². The van der Waals surface area contributed by atoms with Gasteiger partial charge in [0, 0.05) is 31.6 Å². The quantitative estimate of drug-likeness (QED) is 0.878. The van der Waals surface area contributed by atoms with Crippen molar-refractivity contribution in [1.82, 2.24) is 20.4 Å². The first-order valence-electron chi connectivity index (χ1n) is 8.52. The Morgan fingerprint density at radius 1 is 1.38 bits per heavy atom. The molecule has 2 heterocycles. The Morgan fingerprint density at radius 3 is 3.00 bits per heavy atom. The lowest BCUT2D eigenvalue weighted by Gasteiger charge is -2.32. The van der Waals surface area contributed by atoms with Gasteiger partial charge >= 0.3 is 0 Å². The number of ether oxygens (including phenoxy) is 1. The Hall–Kier alpha value is -1.92. The average molecular weight is 330 g/mol. The number of aromatic nitrogens is 2. The highest BCUT2D eigenvalue weighted by atomic mass is 16.5. The van der Waals surface area contributed by atoms with Crippen LogP contribution >= 0.6 is 0 Å². The highest BCUT2D eigenvalue weighted by molar-refractivity contribution is 5.36. The van der Waals surface area contributed by atoms with E-state index in [2.05, 4.69) is 39.4 Å². The summed E-state index contributed by atoms with van der Waals surface area (Å²) in [7, 11) is 1.73. The molecule has 1 saturated heterocycles. The van der Waals surface area contributed by atoms with E-state index in [-0.39, 0.29) is 0 Å². The van der Waals surface area contributed by atoms with E-state index >= 15 is 0 Å². The van der Waals surface area contributed by atoms with Gasteiger partial charge in [-0.15, -0.1) is 0 Å². The van der Waals surface area contributed by atoms with Crippen molar-refractivity contribution in [2.45, 2.75) is 45.8 Å². The predicted molar refractivity (Wildman–Crippen MR) is 91.9 cm³/mol. The van der Waals surface area contributed by atoms with Crippen LogP contribution in [-0.2, 0) is 13.1 Å². The van der Waals surface area contributed by atoms with Crippen molar-refractivity contribution in [2.75, 3.05) is 20.2 Å². The molecule has 1 aliphatic rings. The lowest BCUT2D eigenvalue weighted by Crippen LogP contribution is -2.45. The van der Waals surface area contributed by atoms with Gasteiger partial charge in [-0.05, 0) is 32.4 Å². The van der Waals surface area contributed by atoms with Crippen LogP contribution in [0.25, 0.3) is 0 Å². The van der Waals surface area contributed by atoms with Gasteiger partial charge in [0.2, 0.25) is 5.89 Å². The molecule has 6 heteroatoms. The molecular weight excluding hydrogens is 304 g/mol. The van der Waals surface area contributed by atoms with Crippen molar-refractivity contribution in [3.63, 3.8) is 0 Å². The molecule has 0 spiro atoms. The molecule has 0 saturated carbocycles. The van der Waals surface area contributed by atoms with Gasteiger partial charge in [0.05, 0.1) is 13.7 Å². The van der Waals surface area contributed by atoms with Gasteiger partial charge in [-0.25, -0.2) is 0 Å². The van der Waals surface area contributed by atoms with Crippen molar-refractivity contribution in [1.29, 1.82) is 0 Å². The van der Waals surface area contributed by atoms with E-state index in [9.17, 15) is 0 Å². The molecule has 130 valence electrons. The summed E-state index contributed by atoms with van der Waals surface area (Å²) in [5, 5.41) is 7.67. The average Bonchev–Trinajstić information content (AvgIpc) is 2.98. The van der Waals surface area contributed by atoms with Crippen LogP contribution in [0.15, 0.2) is 22.7 Å². The Kier molecular flexibility index (Phi) is 5.48. The molecule has 1 aromatic carbocycles. The molecule has 1 atom stereocenters. The summed E-state index contributed by atoms with van der Waals surface area (Å²) < 4.78 is 10.5. The number of aryl methyl sites for hydroxylation is 2. The standard InChI is InChI=1S/C18H26N4O2/c1-13-6-7-17(23-3)15(9-13)10-19-16-5-4-8-22(11-16)12-18-20-14(2)24-21-18/h6-7,9,16,19H,4-5,8,10-12H2,1-3H3. The molecule has 0 bridgehead atoms. The van der Waals surface area contributed by atoms with Crippen LogP contribution in [0.3, 0.4) is 0 Å². The first-order chi connectivity index (χ1) is 11.6. The van der Waals surface area contributed by atoms with Gasteiger partial charge in [-0.3, -0.25) is 4.90 Å². The van der Waals surface area contributed by atoms with Crippen LogP contribution in [0.4, 0.5) is 0 Å². The van der Waals surface area contributed by atoms with E-state index in [0.29, 0.717) is 11.9 Å². The fourth-order valence-electron chi connectivity index (χ4n) is 3.27. The smallest absolute Gasteiger partial charge is 0.223 e. The van der Waals surface area contributed by atoms with Gasteiger partial charge in [-0.2, -0.15) is 4.98 Å². The van der Waals surface area contributed by atoms with Crippen LogP contribution in [-0.4, -0.2) is 41.3 Å². The maximum atomic E-state index is 5.47. The molecule has 1 aliphatic heterocycles. The molecule has 1 unspecified atom stereocenters. The first kappa shape index (κ1) is 16.9. The van der Waals surface area contributed by atoms with Crippen LogP contribution in [0.5, 0.6) is 5.75 Å². The number of likely N-dealkylation sites (tertiary alicyclic amines) is 1. The second kappa shape index (κ2) is 7.77. The van der Waals surface area contributed by atoms with Gasteiger partial charge < -0.3 is 14.6 Å². The van der Waals surface area contributed by atoms with E-state index < -0.39 is 0 Å². The zero-order chi connectivity index (χ0) is 16.9. The van der Waals surface area contributed by atoms with Crippen LogP contribution < -0.4 is 10.1 Å². The molecular formula is C18H26N4O2. The number of hydrogen-bond acceptors (Lipinski definition) is 6. The molecule has 1 aromatic heterocycles. The zero-order valence-corrected chi connectivity index (χ0v) is 14.7. The molecule has 0 radical (unpaired) electrons. The van der Waals surface area contributed by atoms with E-state index in [4.69, 9.17) is 9.26 Å². The maximum absolute atomic E-state index is 5.47. The molecule has 0 aliphatic carbocycles. The summed E-state index contributed by atoms with van der Waals surface area (Å²) in [6.07, 6.45) is 2.37. The molecule has 3 rings (SSSR count). The van der Waals surface area contributed by atoms with E-state index in [0.717, 1.165) is 37.8 Å². The summed E-state index contributed by atoms with van der Waals surface area (Å²) in [6.45, 7) is 7.60. The maximum Gasteiger partial charge on any atom is 0.223 e. The van der Waals surface area contributed by atoms with Crippen LogP contribution in [0.2, 0.25) is 0 Å². The van der Waals surface area contributed by atoms with Crippen LogP contribution in [0.1, 0.15) is 35.7 Å². The number of hydrogen-bond donors (Lipinski definition) is 1. The SMILES string of the molecule is COc1ccc(C)cc1CNC1CCCN(Cc2noc(C)n2)C1. The van der Waals surface area contributed by atoms with Gasteiger partial charge in [-0.1, -0.05) is 22.9 Å². The number of methoxy groups -OCH3 is 1. The highest BCUT2D eigenvalue weighted by Gasteiger charge is 2.21. The highest BCUT2D eigenvalue weighted by Crippen LogP contribution is 2.20. The molecule has 1 N–H and O–H groups in total. The Labute approximate surface area is 143 Å². The van der Waals surface area contributed by atoms with Crippen LogP contribution in [0, 0.1) is 13.8 Å². The molecule has 0 amide bonds. The number of rotatable bonds is 6. The normalized spacial score (nSPS) is 18.7. The second-order valence-corrected chi connectivity index (χ2v) is 6.50. The Balaban J connectivity index is 1.55. The van der Waals surface area contributed by atoms with E-state index in [1.807, 2.05) is 13.0 Å². The minimum absolute atomic E-state index is 0.469. The topological polar surface area (TPSA) is 63.4 Å². The fraction of sp³-hybridized carbons (Fsp3) is 0.556. The van der Waals surface area contributed by atoms with Crippen molar-refractivity contribution in [3.05, 3.63) is 41.0 Å². The molecule has 2 aromatic rings. The Bertz CT molecular complexity index is 671. The van der Waals surface area contributed by atoms with Crippen molar-refractivity contribution in [2.24, 2.45) is 0 Å². The van der Waals surface area contributed by atoms with Gasteiger partial charge in [0.15, 0.2) is 5.82 Å². The van der Waals surface area contributed by atoms with Crippen molar-refractivity contribution >= 4 is 0 Å². The minimum Gasteiger partial charge on any atom is -0.496 e. The lowest BCUT2D eigenvalue weighted by molar-refractivity contribution is 0.177. The monoisotopic (exact) mass is 330 g/mol. The number of nitrogens with zero attached hydrogens (tertiary/aromatic N) is 3. The largest absolute Gasteiger partial charge is 0.496 e. The molecule has 24 heavy (non-hydrogen) atoms. The fourth-order valence-corrected chi connectivity index (χ4v) is 3.27. The molecule has 1 fully saturated rings. The third-order valence-corrected chi connectivity index (χ3v) is 4.46. The summed E-state index contributed by atoms with van der Waals surface area (Å²) >= 11 is 0. The Morgan fingerprint density at radius 2 is 2.25 bits per heavy atom. The van der Waals surface area contributed by atoms with Gasteiger partial charge in [0.1, 0.15) is 5.75 Å². The number of benzene rings is 1. The lowest BCUT2D eigenvalue weighted by atomic mass is 10.0. The predicted octanol–water partition coefficient (Wildman–Crippen LogP) is 2.45. The third kappa shape index (κ3) is 4.33. The first-order valence-corrected chi connectivity index (χ1v) is 8.52. The minimum atomic E-state index is 0.469. The summed E-state index contributed by atoms with van der Waals surface area (Å²) in [6, 6.07) is 6.78. The second-order valence-electron chi connectivity index (χ2n) is 6.50. The summed E-state index contributed by atoms with van der Waals surface area (Å²) in [4.78, 5) is 6.69. The van der Waals surface area contributed by atoms with E-state index in [1.165, 1.54) is 24.0 Å².